The normalized spacial score (nSPS) is 16.5. The van der Waals surface area contributed by atoms with Gasteiger partial charge in [-0.2, -0.15) is 0 Å². The van der Waals surface area contributed by atoms with Crippen LogP contribution in [0.15, 0.2) is 36.4 Å². The molecule has 0 bridgehead atoms. The minimum Gasteiger partial charge on any atom is -0.497 e. The van der Waals surface area contributed by atoms with Crippen molar-refractivity contribution < 1.29 is 14.2 Å². The van der Waals surface area contributed by atoms with Crippen molar-refractivity contribution in [3.8, 4) is 17.2 Å². The van der Waals surface area contributed by atoms with Gasteiger partial charge < -0.3 is 24.5 Å². The summed E-state index contributed by atoms with van der Waals surface area (Å²) in [5.41, 5.74) is 4.85. The molecule has 0 saturated heterocycles. The number of aromatic nitrogens is 1. The second-order valence-corrected chi connectivity index (χ2v) is 6.18. The second kappa shape index (κ2) is 6.33. The summed E-state index contributed by atoms with van der Waals surface area (Å²) in [7, 11) is 5.02. The van der Waals surface area contributed by atoms with Gasteiger partial charge in [-0.1, -0.05) is 6.07 Å². The number of H-pyrrole nitrogens is 1. The molecule has 1 unspecified atom stereocenters. The van der Waals surface area contributed by atoms with Gasteiger partial charge in [0.05, 0.1) is 27.4 Å². The molecule has 1 aromatic heterocycles. The van der Waals surface area contributed by atoms with Crippen LogP contribution in [0.2, 0.25) is 0 Å². The Morgan fingerprint density at radius 3 is 2.52 bits per heavy atom. The molecule has 2 aromatic carbocycles. The third-order valence-electron chi connectivity index (χ3n) is 4.90. The van der Waals surface area contributed by atoms with Gasteiger partial charge in [-0.05, 0) is 47.9 Å². The van der Waals surface area contributed by atoms with Gasteiger partial charge in [-0.25, -0.2) is 0 Å². The zero-order chi connectivity index (χ0) is 17.4. The topological polar surface area (TPSA) is 55.5 Å². The zero-order valence-electron chi connectivity index (χ0n) is 14.7. The van der Waals surface area contributed by atoms with Crippen molar-refractivity contribution in [1.29, 1.82) is 0 Å². The van der Waals surface area contributed by atoms with Crippen molar-refractivity contribution in [3.63, 3.8) is 0 Å². The van der Waals surface area contributed by atoms with Crippen molar-refractivity contribution in [2.24, 2.45) is 0 Å². The van der Waals surface area contributed by atoms with E-state index in [1.165, 1.54) is 16.6 Å². The van der Waals surface area contributed by atoms with Crippen LogP contribution in [0.5, 0.6) is 17.2 Å². The first-order chi connectivity index (χ1) is 12.2. The molecule has 130 valence electrons. The maximum atomic E-state index is 5.47. The number of benzene rings is 2. The zero-order valence-corrected chi connectivity index (χ0v) is 14.7. The van der Waals surface area contributed by atoms with Crippen molar-refractivity contribution in [2.45, 2.75) is 12.5 Å². The minimum absolute atomic E-state index is 0.0990. The van der Waals surface area contributed by atoms with E-state index in [9.17, 15) is 0 Å². The fourth-order valence-electron chi connectivity index (χ4n) is 3.65. The number of nitrogens with one attached hydrogen (secondary N) is 2. The summed E-state index contributed by atoms with van der Waals surface area (Å²) >= 11 is 0. The van der Waals surface area contributed by atoms with Crippen LogP contribution in [0, 0.1) is 0 Å². The SMILES string of the molecule is COc1ccc2[nH]c3c(c2c1)CCNC3c1ccc(OC)c(OC)c1. The highest BCUT2D eigenvalue weighted by molar-refractivity contribution is 5.86. The molecule has 25 heavy (non-hydrogen) atoms. The molecule has 0 aliphatic carbocycles. The van der Waals surface area contributed by atoms with Gasteiger partial charge in [0.2, 0.25) is 0 Å². The number of aromatic amines is 1. The first kappa shape index (κ1) is 15.8. The van der Waals surface area contributed by atoms with Gasteiger partial charge in [0, 0.05) is 23.1 Å². The molecule has 1 atom stereocenters. The molecule has 0 fully saturated rings. The molecule has 5 heteroatoms. The standard InChI is InChI=1S/C20H22N2O3/c1-23-13-5-6-16-15(11-13)14-8-9-21-19(20(14)22-16)12-4-7-17(24-2)18(10-12)25-3/h4-7,10-11,19,21-22H,8-9H2,1-3H3. The first-order valence-corrected chi connectivity index (χ1v) is 8.39. The number of ether oxygens (including phenoxy) is 3. The van der Waals surface area contributed by atoms with E-state index in [1.54, 1.807) is 21.3 Å². The van der Waals surface area contributed by atoms with Crippen LogP contribution in [0.1, 0.15) is 22.9 Å². The summed E-state index contributed by atoms with van der Waals surface area (Å²) in [6.45, 7) is 0.927. The summed E-state index contributed by atoms with van der Waals surface area (Å²) in [6, 6.07) is 12.4. The largest absolute Gasteiger partial charge is 0.497 e. The van der Waals surface area contributed by atoms with Gasteiger partial charge in [0.25, 0.3) is 0 Å². The lowest BCUT2D eigenvalue weighted by Crippen LogP contribution is -2.30. The molecule has 2 heterocycles. The summed E-state index contributed by atoms with van der Waals surface area (Å²) in [5, 5.41) is 4.85. The van der Waals surface area contributed by atoms with Crippen LogP contribution in [-0.4, -0.2) is 32.9 Å². The lowest BCUT2D eigenvalue weighted by atomic mass is 9.94. The number of rotatable bonds is 4. The minimum atomic E-state index is 0.0990. The van der Waals surface area contributed by atoms with E-state index in [2.05, 4.69) is 28.5 Å². The Hall–Kier alpha value is -2.66. The molecule has 2 N–H and O–H groups in total. The summed E-state index contributed by atoms with van der Waals surface area (Å²) in [6.07, 6.45) is 0.992. The monoisotopic (exact) mass is 338 g/mol. The number of hydrogen-bond donors (Lipinski definition) is 2. The van der Waals surface area contributed by atoms with Crippen molar-refractivity contribution >= 4 is 10.9 Å². The van der Waals surface area contributed by atoms with Crippen LogP contribution in [0.4, 0.5) is 0 Å². The average Bonchev–Trinajstić information content (AvgIpc) is 3.05. The molecule has 1 aliphatic rings. The quantitative estimate of drug-likeness (QED) is 0.765. The Labute approximate surface area is 146 Å². The van der Waals surface area contributed by atoms with E-state index >= 15 is 0 Å². The molecule has 0 spiro atoms. The molecule has 0 amide bonds. The van der Waals surface area contributed by atoms with E-state index in [0.717, 1.165) is 41.3 Å². The predicted molar refractivity (Wildman–Crippen MR) is 97.9 cm³/mol. The highest BCUT2D eigenvalue weighted by atomic mass is 16.5. The summed E-state index contributed by atoms with van der Waals surface area (Å²) < 4.78 is 16.2. The fraction of sp³-hybridized carbons (Fsp3) is 0.300. The fourth-order valence-corrected chi connectivity index (χ4v) is 3.65. The molecular formula is C20H22N2O3. The van der Waals surface area contributed by atoms with Crippen LogP contribution in [0.25, 0.3) is 10.9 Å². The lowest BCUT2D eigenvalue weighted by molar-refractivity contribution is 0.354. The Morgan fingerprint density at radius 1 is 0.920 bits per heavy atom. The first-order valence-electron chi connectivity index (χ1n) is 8.39. The second-order valence-electron chi connectivity index (χ2n) is 6.18. The van der Waals surface area contributed by atoms with E-state index < -0.39 is 0 Å². The van der Waals surface area contributed by atoms with E-state index in [1.807, 2.05) is 18.2 Å². The Bertz CT molecular complexity index is 917. The molecule has 5 nitrogen and oxygen atoms in total. The highest BCUT2D eigenvalue weighted by Crippen LogP contribution is 2.37. The van der Waals surface area contributed by atoms with Crippen molar-refractivity contribution in [3.05, 3.63) is 53.2 Å². The van der Waals surface area contributed by atoms with Crippen LogP contribution in [0.3, 0.4) is 0 Å². The number of methoxy groups -OCH3 is 3. The molecule has 0 saturated carbocycles. The van der Waals surface area contributed by atoms with Crippen molar-refractivity contribution in [2.75, 3.05) is 27.9 Å². The molecule has 4 rings (SSSR count). The average molecular weight is 338 g/mol. The Kier molecular flexibility index (Phi) is 4.01. The molecular weight excluding hydrogens is 316 g/mol. The Balaban J connectivity index is 1.82. The maximum Gasteiger partial charge on any atom is 0.161 e. The van der Waals surface area contributed by atoms with E-state index in [-0.39, 0.29) is 6.04 Å². The van der Waals surface area contributed by atoms with Gasteiger partial charge in [0.1, 0.15) is 5.75 Å². The highest BCUT2D eigenvalue weighted by Gasteiger charge is 2.26. The third kappa shape index (κ3) is 2.61. The van der Waals surface area contributed by atoms with Gasteiger partial charge in [-0.3, -0.25) is 0 Å². The number of hydrogen-bond acceptors (Lipinski definition) is 4. The molecule has 1 aliphatic heterocycles. The van der Waals surface area contributed by atoms with E-state index in [4.69, 9.17) is 14.2 Å². The molecule has 3 aromatic rings. The van der Waals surface area contributed by atoms with Crippen LogP contribution >= 0.6 is 0 Å². The lowest BCUT2D eigenvalue weighted by Gasteiger charge is -2.25. The number of fused-ring (bicyclic) bond motifs is 3. The third-order valence-corrected chi connectivity index (χ3v) is 4.90. The van der Waals surface area contributed by atoms with Crippen molar-refractivity contribution in [1.82, 2.24) is 10.3 Å². The molecule has 0 radical (unpaired) electrons. The maximum absolute atomic E-state index is 5.47. The Morgan fingerprint density at radius 2 is 1.76 bits per heavy atom. The van der Waals surface area contributed by atoms with Gasteiger partial charge in [-0.15, -0.1) is 0 Å². The smallest absolute Gasteiger partial charge is 0.161 e. The predicted octanol–water partition coefficient (Wildman–Crippen LogP) is 3.43. The van der Waals surface area contributed by atoms with Gasteiger partial charge >= 0.3 is 0 Å². The summed E-state index contributed by atoms with van der Waals surface area (Å²) in [4.78, 5) is 3.59. The van der Waals surface area contributed by atoms with E-state index in [0.29, 0.717) is 0 Å². The van der Waals surface area contributed by atoms with Crippen LogP contribution < -0.4 is 19.5 Å². The summed E-state index contributed by atoms with van der Waals surface area (Å²) in [5.74, 6) is 2.37. The van der Waals surface area contributed by atoms with Gasteiger partial charge in [0.15, 0.2) is 11.5 Å². The van der Waals surface area contributed by atoms with Crippen LogP contribution in [-0.2, 0) is 6.42 Å².